The third-order valence-corrected chi connectivity index (χ3v) is 2.04. The molecule has 0 aliphatic carbocycles. The second-order valence-corrected chi connectivity index (χ2v) is 3.11. The van der Waals surface area contributed by atoms with E-state index in [0.717, 1.165) is 37.5 Å². The second kappa shape index (κ2) is 4.03. The zero-order valence-corrected chi connectivity index (χ0v) is 7.53. The van der Waals surface area contributed by atoms with Crippen LogP contribution in [-0.2, 0) is 6.42 Å². The highest BCUT2D eigenvalue weighted by Crippen LogP contribution is 1.98. The Bertz CT molecular complexity index is 292. The molecule has 3 heteroatoms. The molecule has 0 fully saturated rings. The maximum Gasteiger partial charge on any atom is 0.102 e. The largest absolute Gasteiger partial charge is 0.373 e. The van der Waals surface area contributed by atoms with Gasteiger partial charge >= 0.3 is 0 Å². The molecular formula is C10H13N3. The Labute approximate surface area is 77.9 Å². The number of nitrogens with zero attached hydrogens (tertiary/aromatic N) is 2. The minimum atomic E-state index is 0.834. The summed E-state index contributed by atoms with van der Waals surface area (Å²) in [6.45, 7) is 2.00. The Kier molecular flexibility index (Phi) is 2.55. The third-order valence-electron chi connectivity index (χ3n) is 2.04. The predicted octanol–water partition coefficient (Wildman–Crippen LogP) is 1.02. The van der Waals surface area contributed by atoms with Crippen LogP contribution in [0.1, 0.15) is 12.1 Å². The number of aromatic nitrogens is 1. The van der Waals surface area contributed by atoms with Crippen molar-refractivity contribution in [1.29, 1.82) is 0 Å². The van der Waals surface area contributed by atoms with E-state index in [2.05, 4.69) is 15.3 Å². The molecule has 3 nitrogen and oxygen atoms in total. The number of nitrogens with one attached hydrogen (secondary N) is 1. The van der Waals surface area contributed by atoms with Crippen molar-refractivity contribution in [3.05, 3.63) is 30.1 Å². The van der Waals surface area contributed by atoms with Gasteiger partial charge in [-0.05, 0) is 18.6 Å². The molecule has 1 N–H and O–H groups in total. The Balaban J connectivity index is 2.01. The molecule has 1 aliphatic rings. The van der Waals surface area contributed by atoms with Gasteiger partial charge in [-0.15, -0.1) is 0 Å². The topological polar surface area (TPSA) is 37.3 Å². The monoisotopic (exact) mass is 175 g/mol. The minimum Gasteiger partial charge on any atom is -0.373 e. The molecule has 2 rings (SSSR count). The van der Waals surface area contributed by atoms with E-state index in [9.17, 15) is 0 Å². The number of pyridine rings is 1. The number of rotatable bonds is 2. The van der Waals surface area contributed by atoms with E-state index in [-0.39, 0.29) is 0 Å². The van der Waals surface area contributed by atoms with Gasteiger partial charge in [0.2, 0.25) is 0 Å². The highest BCUT2D eigenvalue weighted by molar-refractivity contribution is 5.84. The van der Waals surface area contributed by atoms with E-state index in [0.29, 0.717) is 0 Å². The summed E-state index contributed by atoms with van der Waals surface area (Å²) in [5, 5.41) is 3.28. The van der Waals surface area contributed by atoms with Crippen LogP contribution in [0.5, 0.6) is 0 Å². The summed E-state index contributed by atoms with van der Waals surface area (Å²) in [7, 11) is 0. The molecule has 0 spiro atoms. The van der Waals surface area contributed by atoms with Crippen LogP contribution >= 0.6 is 0 Å². The summed E-state index contributed by atoms with van der Waals surface area (Å²) in [6, 6.07) is 5.96. The van der Waals surface area contributed by atoms with Crippen LogP contribution in [0.4, 0.5) is 0 Å². The van der Waals surface area contributed by atoms with Crippen LogP contribution in [0.2, 0.25) is 0 Å². The van der Waals surface area contributed by atoms with E-state index in [1.165, 1.54) is 0 Å². The number of hydrogen-bond donors (Lipinski definition) is 1. The maximum atomic E-state index is 4.39. The smallest absolute Gasteiger partial charge is 0.102 e. The Morgan fingerprint density at radius 3 is 3.08 bits per heavy atom. The van der Waals surface area contributed by atoms with E-state index >= 15 is 0 Å². The fourth-order valence-electron chi connectivity index (χ4n) is 1.37. The van der Waals surface area contributed by atoms with Crippen molar-refractivity contribution >= 4 is 5.84 Å². The molecule has 1 aromatic heterocycles. The van der Waals surface area contributed by atoms with Crippen molar-refractivity contribution in [2.24, 2.45) is 4.99 Å². The fourth-order valence-corrected chi connectivity index (χ4v) is 1.37. The van der Waals surface area contributed by atoms with Gasteiger partial charge in [-0.1, -0.05) is 6.07 Å². The van der Waals surface area contributed by atoms with E-state index < -0.39 is 0 Å². The molecule has 1 aliphatic heterocycles. The molecule has 0 saturated carbocycles. The number of hydrogen-bond acceptors (Lipinski definition) is 3. The van der Waals surface area contributed by atoms with Gasteiger partial charge in [-0.2, -0.15) is 0 Å². The molecule has 13 heavy (non-hydrogen) atoms. The van der Waals surface area contributed by atoms with Crippen LogP contribution in [0.25, 0.3) is 0 Å². The highest BCUT2D eigenvalue weighted by Gasteiger charge is 2.04. The van der Waals surface area contributed by atoms with Crippen LogP contribution in [0.3, 0.4) is 0 Å². The Morgan fingerprint density at radius 2 is 2.38 bits per heavy atom. The molecular weight excluding hydrogens is 162 g/mol. The summed E-state index contributed by atoms with van der Waals surface area (Å²) in [5.74, 6) is 1.07. The van der Waals surface area contributed by atoms with Crippen molar-refractivity contribution in [2.75, 3.05) is 13.1 Å². The van der Waals surface area contributed by atoms with Crippen LogP contribution in [0, 0.1) is 0 Å². The first-order valence-corrected chi connectivity index (χ1v) is 4.62. The summed E-state index contributed by atoms with van der Waals surface area (Å²) in [4.78, 5) is 8.64. The first kappa shape index (κ1) is 8.23. The zero-order valence-electron chi connectivity index (χ0n) is 7.53. The van der Waals surface area contributed by atoms with E-state index in [1.54, 1.807) is 0 Å². The summed E-state index contributed by atoms with van der Waals surface area (Å²) < 4.78 is 0. The van der Waals surface area contributed by atoms with Crippen molar-refractivity contribution in [2.45, 2.75) is 12.8 Å². The lowest BCUT2D eigenvalue weighted by Crippen LogP contribution is -2.31. The zero-order chi connectivity index (χ0) is 8.93. The quantitative estimate of drug-likeness (QED) is 0.728. The van der Waals surface area contributed by atoms with Crippen LogP contribution in [-0.4, -0.2) is 23.9 Å². The Morgan fingerprint density at radius 1 is 1.38 bits per heavy atom. The van der Waals surface area contributed by atoms with Crippen molar-refractivity contribution in [3.8, 4) is 0 Å². The molecule has 2 heterocycles. The number of amidine groups is 1. The van der Waals surface area contributed by atoms with Crippen molar-refractivity contribution < 1.29 is 0 Å². The average molecular weight is 175 g/mol. The van der Waals surface area contributed by atoms with Gasteiger partial charge in [0.15, 0.2) is 0 Å². The fraction of sp³-hybridized carbons (Fsp3) is 0.400. The molecule has 0 unspecified atom stereocenters. The van der Waals surface area contributed by atoms with Gasteiger partial charge < -0.3 is 5.32 Å². The lowest BCUT2D eigenvalue weighted by atomic mass is 10.2. The highest BCUT2D eigenvalue weighted by atomic mass is 15.0. The lowest BCUT2D eigenvalue weighted by Gasteiger charge is -2.13. The molecule has 0 radical (unpaired) electrons. The van der Waals surface area contributed by atoms with Crippen molar-refractivity contribution in [3.63, 3.8) is 0 Å². The SMILES string of the molecule is c1ccc(CC2=NCCCN2)nc1. The van der Waals surface area contributed by atoms with Gasteiger partial charge in [0.05, 0.1) is 0 Å². The van der Waals surface area contributed by atoms with E-state index in [4.69, 9.17) is 0 Å². The molecule has 68 valence electrons. The molecule has 0 aromatic carbocycles. The van der Waals surface area contributed by atoms with Gasteiger partial charge in [-0.25, -0.2) is 0 Å². The summed E-state index contributed by atoms with van der Waals surface area (Å²) in [6.07, 6.45) is 3.80. The van der Waals surface area contributed by atoms with Crippen LogP contribution < -0.4 is 5.32 Å². The van der Waals surface area contributed by atoms with E-state index in [1.807, 2.05) is 24.4 Å². The number of aliphatic imine (C=N–C) groups is 1. The standard InChI is InChI=1S/C10H13N3/c1-2-5-11-9(4-1)8-10-12-6-3-7-13-10/h1-2,4-5H,3,6-8H2,(H,12,13). The lowest BCUT2D eigenvalue weighted by molar-refractivity contribution is 0.730. The molecule has 0 amide bonds. The summed E-state index contributed by atoms with van der Waals surface area (Å²) in [5.41, 5.74) is 1.08. The molecule has 0 atom stereocenters. The van der Waals surface area contributed by atoms with Crippen molar-refractivity contribution in [1.82, 2.24) is 10.3 Å². The van der Waals surface area contributed by atoms with Gasteiger partial charge in [0, 0.05) is 31.4 Å². The molecule has 1 aromatic rings. The Hall–Kier alpha value is -1.38. The van der Waals surface area contributed by atoms with Gasteiger partial charge in [0.25, 0.3) is 0 Å². The van der Waals surface area contributed by atoms with Gasteiger partial charge in [-0.3, -0.25) is 9.98 Å². The summed E-state index contributed by atoms with van der Waals surface area (Å²) >= 11 is 0. The second-order valence-electron chi connectivity index (χ2n) is 3.11. The average Bonchev–Trinajstić information content (AvgIpc) is 2.21. The van der Waals surface area contributed by atoms with Crippen LogP contribution in [0.15, 0.2) is 29.4 Å². The first-order valence-electron chi connectivity index (χ1n) is 4.62. The molecule has 0 saturated heterocycles. The first-order chi connectivity index (χ1) is 6.45. The maximum absolute atomic E-state index is 4.39. The molecule has 0 bridgehead atoms. The van der Waals surface area contributed by atoms with Gasteiger partial charge in [0.1, 0.15) is 5.84 Å². The third kappa shape index (κ3) is 2.28. The normalized spacial score (nSPS) is 16.2. The minimum absolute atomic E-state index is 0.834. The predicted molar refractivity (Wildman–Crippen MR) is 52.9 cm³/mol.